The maximum absolute atomic E-state index is 11.8. The number of carboxylic acids is 1. The standard InChI is InChI=1S/C16H21NO3/c1-12-3-4-13(16(15(18)19)5-2-6-16)14(11-12)17-7-9-20-10-8-17/h3-4,11H,2,5-10H2,1H3,(H,18,19). The molecule has 1 aromatic carbocycles. The average molecular weight is 275 g/mol. The Bertz CT molecular complexity index is 516. The molecule has 2 aliphatic rings. The third-order valence-corrected chi connectivity index (χ3v) is 4.64. The van der Waals surface area contributed by atoms with E-state index in [1.54, 1.807) is 0 Å². The summed E-state index contributed by atoms with van der Waals surface area (Å²) < 4.78 is 5.41. The Hall–Kier alpha value is -1.55. The summed E-state index contributed by atoms with van der Waals surface area (Å²) in [6, 6.07) is 6.18. The van der Waals surface area contributed by atoms with Gasteiger partial charge in [0.05, 0.1) is 18.6 Å². The van der Waals surface area contributed by atoms with Crippen LogP contribution in [0.4, 0.5) is 5.69 Å². The van der Waals surface area contributed by atoms with Crippen LogP contribution in [-0.2, 0) is 14.9 Å². The first-order chi connectivity index (χ1) is 9.63. The predicted octanol–water partition coefficient (Wildman–Crippen LogP) is 2.34. The van der Waals surface area contributed by atoms with Gasteiger partial charge in [0, 0.05) is 18.8 Å². The van der Waals surface area contributed by atoms with Crippen LogP contribution in [0.25, 0.3) is 0 Å². The van der Waals surface area contributed by atoms with Crippen LogP contribution < -0.4 is 4.90 Å². The van der Waals surface area contributed by atoms with Gasteiger partial charge in [0.2, 0.25) is 0 Å². The Balaban J connectivity index is 2.03. The van der Waals surface area contributed by atoms with Crippen molar-refractivity contribution in [2.75, 3.05) is 31.2 Å². The summed E-state index contributed by atoms with van der Waals surface area (Å²) in [6.45, 7) is 5.17. The van der Waals surface area contributed by atoms with Gasteiger partial charge in [-0.1, -0.05) is 18.6 Å². The second-order valence-corrected chi connectivity index (χ2v) is 5.86. The molecule has 0 unspecified atom stereocenters. The number of benzene rings is 1. The predicted molar refractivity (Wildman–Crippen MR) is 77.4 cm³/mol. The fourth-order valence-electron chi connectivity index (χ4n) is 3.24. The maximum Gasteiger partial charge on any atom is 0.314 e. The smallest absolute Gasteiger partial charge is 0.314 e. The molecule has 1 N–H and O–H groups in total. The topological polar surface area (TPSA) is 49.8 Å². The fourth-order valence-corrected chi connectivity index (χ4v) is 3.24. The number of aryl methyl sites for hydroxylation is 1. The van der Waals surface area contributed by atoms with Crippen molar-refractivity contribution in [1.29, 1.82) is 0 Å². The Kier molecular flexibility index (Phi) is 3.42. The first-order valence-electron chi connectivity index (χ1n) is 7.31. The minimum absolute atomic E-state index is 0.665. The Morgan fingerprint density at radius 2 is 2.00 bits per heavy atom. The van der Waals surface area contributed by atoms with Gasteiger partial charge < -0.3 is 14.7 Å². The molecule has 1 saturated carbocycles. The van der Waals surface area contributed by atoms with Crippen LogP contribution >= 0.6 is 0 Å². The van der Waals surface area contributed by atoms with E-state index in [0.717, 1.165) is 43.6 Å². The minimum atomic E-state index is -0.679. The van der Waals surface area contributed by atoms with Crippen LogP contribution in [0.5, 0.6) is 0 Å². The Labute approximate surface area is 119 Å². The van der Waals surface area contributed by atoms with Gasteiger partial charge in [-0.15, -0.1) is 0 Å². The lowest BCUT2D eigenvalue weighted by molar-refractivity contribution is -0.147. The number of anilines is 1. The molecule has 0 bridgehead atoms. The van der Waals surface area contributed by atoms with E-state index in [4.69, 9.17) is 4.74 Å². The molecule has 3 rings (SSSR count). The van der Waals surface area contributed by atoms with Crippen molar-refractivity contribution < 1.29 is 14.6 Å². The summed E-state index contributed by atoms with van der Waals surface area (Å²) in [6.07, 6.45) is 2.51. The first-order valence-corrected chi connectivity index (χ1v) is 7.31. The lowest BCUT2D eigenvalue weighted by Crippen LogP contribution is -2.45. The van der Waals surface area contributed by atoms with Gasteiger partial charge in [-0.25, -0.2) is 0 Å². The zero-order valence-electron chi connectivity index (χ0n) is 11.9. The van der Waals surface area contributed by atoms with Crippen molar-refractivity contribution in [1.82, 2.24) is 0 Å². The van der Waals surface area contributed by atoms with E-state index in [9.17, 15) is 9.90 Å². The number of aliphatic carboxylic acids is 1. The molecule has 20 heavy (non-hydrogen) atoms. The number of carbonyl (C=O) groups is 1. The molecule has 4 nitrogen and oxygen atoms in total. The molecule has 0 amide bonds. The van der Waals surface area contributed by atoms with Crippen molar-refractivity contribution in [3.8, 4) is 0 Å². The van der Waals surface area contributed by atoms with Gasteiger partial charge in [-0.05, 0) is 37.0 Å². The molecule has 108 valence electrons. The molecule has 1 heterocycles. The number of rotatable bonds is 3. The van der Waals surface area contributed by atoms with Gasteiger partial charge in [-0.3, -0.25) is 4.79 Å². The molecular weight excluding hydrogens is 254 g/mol. The van der Waals surface area contributed by atoms with Gasteiger partial charge in [-0.2, -0.15) is 0 Å². The highest BCUT2D eigenvalue weighted by molar-refractivity contribution is 5.85. The van der Waals surface area contributed by atoms with E-state index in [1.807, 2.05) is 12.1 Å². The highest BCUT2D eigenvalue weighted by Gasteiger charge is 2.47. The van der Waals surface area contributed by atoms with E-state index in [2.05, 4.69) is 17.9 Å². The molecule has 0 atom stereocenters. The number of ether oxygens (including phenoxy) is 1. The minimum Gasteiger partial charge on any atom is -0.481 e. The van der Waals surface area contributed by atoms with Crippen molar-refractivity contribution in [3.63, 3.8) is 0 Å². The van der Waals surface area contributed by atoms with E-state index < -0.39 is 11.4 Å². The largest absolute Gasteiger partial charge is 0.481 e. The SMILES string of the molecule is Cc1ccc(C2(C(=O)O)CCC2)c(N2CCOCC2)c1. The van der Waals surface area contributed by atoms with E-state index in [1.165, 1.54) is 5.56 Å². The van der Waals surface area contributed by atoms with Crippen LogP contribution in [0.15, 0.2) is 18.2 Å². The van der Waals surface area contributed by atoms with Gasteiger partial charge in [0.15, 0.2) is 0 Å². The molecule has 1 saturated heterocycles. The fraction of sp³-hybridized carbons (Fsp3) is 0.562. The van der Waals surface area contributed by atoms with Crippen molar-refractivity contribution in [2.45, 2.75) is 31.6 Å². The number of nitrogens with zero attached hydrogens (tertiary/aromatic N) is 1. The molecule has 2 fully saturated rings. The van der Waals surface area contributed by atoms with Crippen molar-refractivity contribution >= 4 is 11.7 Å². The molecular formula is C16H21NO3. The number of hydrogen-bond acceptors (Lipinski definition) is 3. The van der Waals surface area contributed by atoms with Gasteiger partial charge >= 0.3 is 5.97 Å². The van der Waals surface area contributed by atoms with Crippen LogP contribution in [0.3, 0.4) is 0 Å². The molecule has 1 aromatic rings. The summed E-state index contributed by atoms with van der Waals surface area (Å²) in [5.41, 5.74) is 2.59. The Morgan fingerprint density at radius 1 is 1.30 bits per heavy atom. The molecule has 1 aliphatic heterocycles. The summed E-state index contributed by atoms with van der Waals surface area (Å²) in [5, 5.41) is 9.69. The van der Waals surface area contributed by atoms with Crippen LogP contribution in [0.1, 0.15) is 30.4 Å². The second-order valence-electron chi connectivity index (χ2n) is 5.86. The number of hydrogen-bond donors (Lipinski definition) is 1. The van der Waals surface area contributed by atoms with Crippen molar-refractivity contribution in [2.24, 2.45) is 0 Å². The average Bonchev–Trinajstić information content (AvgIpc) is 2.39. The molecule has 0 aromatic heterocycles. The summed E-state index contributed by atoms with van der Waals surface area (Å²) in [7, 11) is 0. The molecule has 0 radical (unpaired) electrons. The zero-order chi connectivity index (χ0) is 14.2. The van der Waals surface area contributed by atoms with Crippen LogP contribution in [0, 0.1) is 6.92 Å². The molecule has 1 aliphatic carbocycles. The van der Waals surface area contributed by atoms with Gasteiger partial charge in [0.25, 0.3) is 0 Å². The van der Waals surface area contributed by atoms with E-state index >= 15 is 0 Å². The van der Waals surface area contributed by atoms with E-state index in [0.29, 0.717) is 13.2 Å². The lowest BCUT2D eigenvalue weighted by atomic mass is 9.64. The lowest BCUT2D eigenvalue weighted by Gasteiger charge is -2.42. The second kappa shape index (κ2) is 5.09. The molecule has 0 spiro atoms. The zero-order valence-corrected chi connectivity index (χ0v) is 11.9. The summed E-state index contributed by atoms with van der Waals surface area (Å²) >= 11 is 0. The van der Waals surface area contributed by atoms with E-state index in [-0.39, 0.29) is 0 Å². The highest BCUT2D eigenvalue weighted by Crippen LogP contribution is 2.47. The molecule has 4 heteroatoms. The third-order valence-electron chi connectivity index (χ3n) is 4.64. The Morgan fingerprint density at radius 3 is 2.55 bits per heavy atom. The monoisotopic (exact) mass is 275 g/mol. The number of carboxylic acid groups (broad SMARTS) is 1. The van der Waals surface area contributed by atoms with Crippen LogP contribution in [0.2, 0.25) is 0 Å². The van der Waals surface area contributed by atoms with Crippen molar-refractivity contribution in [3.05, 3.63) is 29.3 Å². The third kappa shape index (κ3) is 2.08. The normalized spacial score (nSPS) is 21.4. The maximum atomic E-state index is 11.8. The quantitative estimate of drug-likeness (QED) is 0.920. The van der Waals surface area contributed by atoms with Gasteiger partial charge in [0.1, 0.15) is 0 Å². The highest BCUT2D eigenvalue weighted by atomic mass is 16.5. The van der Waals surface area contributed by atoms with Crippen LogP contribution in [-0.4, -0.2) is 37.4 Å². The summed E-state index contributed by atoms with van der Waals surface area (Å²) in [5.74, 6) is -0.679. The number of morpholine rings is 1. The first kappa shape index (κ1) is 13.4. The summed E-state index contributed by atoms with van der Waals surface area (Å²) in [4.78, 5) is 14.1.